The zero-order chi connectivity index (χ0) is 25.2. The Labute approximate surface area is 221 Å². The summed E-state index contributed by atoms with van der Waals surface area (Å²) in [5, 5.41) is 0. The SMILES string of the molecule is CCCCCCCCCCCCCCCCCCc1n(CCCC)cc[n+]1CCCCCCCC. The van der Waals surface area contributed by atoms with Crippen LogP contribution in [0.25, 0.3) is 0 Å². The van der Waals surface area contributed by atoms with Gasteiger partial charge in [0.25, 0.3) is 5.82 Å². The predicted molar refractivity (Wildman–Crippen MR) is 156 cm³/mol. The summed E-state index contributed by atoms with van der Waals surface area (Å²) < 4.78 is 5.15. The van der Waals surface area contributed by atoms with Gasteiger partial charge in [-0.25, -0.2) is 9.13 Å². The first kappa shape index (κ1) is 32.2. The second-order valence-corrected chi connectivity index (χ2v) is 11.3. The summed E-state index contributed by atoms with van der Waals surface area (Å²) in [6.45, 7) is 9.34. The van der Waals surface area contributed by atoms with Crippen molar-refractivity contribution in [3.05, 3.63) is 18.2 Å². The van der Waals surface area contributed by atoms with Gasteiger partial charge in [0.1, 0.15) is 12.4 Å². The molecule has 0 spiro atoms. The normalized spacial score (nSPS) is 11.5. The molecule has 0 aromatic carbocycles. The lowest BCUT2D eigenvalue weighted by Crippen LogP contribution is -2.37. The van der Waals surface area contributed by atoms with E-state index in [0.717, 1.165) is 0 Å². The second kappa shape index (κ2) is 24.9. The maximum atomic E-state index is 2.58. The van der Waals surface area contributed by atoms with Crippen molar-refractivity contribution >= 4 is 0 Å². The molecule has 1 heterocycles. The molecular formula is C33H65N2+. The van der Waals surface area contributed by atoms with Crippen molar-refractivity contribution in [3.8, 4) is 0 Å². The van der Waals surface area contributed by atoms with Crippen molar-refractivity contribution in [1.29, 1.82) is 0 Å². The van der Waals surface area contributed by atoms with Crippen molar-refractivity contribution < 1.29 is 4.57 Å². The maximum absolute atomic E-state index is 2.58. The van der Waals surface area contributed by atoms with Gasteiger partial charge < -0.3 is 0 Å². The van der Waals surface area contributed by atoms with Crippen molar-refractivity contribution in [1.82, 2.24) is 4.57 Å². The first-order valence-corrected chi connectivity index (χ1v) is 16.4. The van der Waals surface area contributed by atoms with Gasteiger partial charge in [0.15, 0.2) is 0 Å². The topological polar surface area (TPSA) is 8.81 Å². The average molecular weight is 490 g/mol. The Morgan fingerprint density at radius 1 is 0.486 bits per heavy atom. The molecule has 0 amide bonds. The minimum atomic E-state index is 1.20. The summed E-state index contributed by atoms with van der Waals surface area (Å²) in [5.41, 5.74) is 0. The Kier molecular flexibility index (Phi) is 22.9. The Balaban J connectivity index is 2.08. The lowest BCUT2D eigenvalue weighted by atomic mass is 10.0. The molecule has 2 heteroatoms. The summed E-state index contributed by atoms with van der Waals surface area (Å²) in [5.74, 6) is 1.59. The summed E-state index contributed by atoms with van der Waals surface area (Å²) in [7, 11) is 0. The number of aryl methyl sites for hydroxylation is 2. The van der Waals surface area contributed by atoms with Gasteiger partial charge in [-0.05, 0) is 25.7 Å². The molecule has 0 radical (unpaired) electrons. The average Bonchev–Trinajstić information content (AvgIpc) is 3.25. The molecule has 0 saturated carbocycles. The van der Waals surface area contributed by atoms with E-state index in [0.29, 0.717) is 0 Å². The van der Waals surface area contributed by atoms with E-state index in [9.17, 15) is 0 Å². The minimum Gasteiger partial charge on any atom is -0.234 e. The van der Waals surface area contributed by atoms with Crippen LogP contribution in [0.1, 0.15) is 181 Å². The fourth-order valence-electron chi connectivity index (χ4n) is 5.41. The van der Waals surface area contributed by atoms with Gasteiger partial charge in [0.05, 0.1) is 13.1 Å². The van der Waals surface area contributed by atoms with E-state index in [-0.39, 0.29) is 0 Å². The van der Waals surface area contributed by atoms with Gasteiger partial charge >= 0.3 is 0 Å². The second-order valence-electron chi connectivity index (χ2n) is 11.3. The first-order chi connectivity index (χ1) is 17.3. The van der Waals surface area contributed by atoms with Crippen molar-refractivity contribution in [2.75, 3.05) is 0 Å². The smallest absolute Gasteiger partial charge is 0.234 e. The highest BCUT2D eigenvalue weighted by Crippen LogP contribution is 2.15. The van der Waals surface area contributed by atoms with Gasteiger partial charge in [-0.15, -0.1) is 0 Å². The fraction of sp³-hybridized carbons (Fsp3) is 0.909. The van der Waals surface area contributed by atoms with E-state index < -0.39 is 0 Å². The molecule has 206 valence electrons. The molecule has 1 aromatic rings. The lowest BCUT2D eigenvalue weighted by Gasteiger charge is -2.06. The number of nitrogens with zero attached hydrogens (tertiary/aromatic N) is 2. The first-order valence-electron chi connectivity index (χ1n) is 16.4. The Morgan fingerprint density at radius 2 is 0.886 bits per heavy atom. The van der Waals surface area contributed by atoms with Crippen LogP contribution in [0.15, 0.2) is 12.4 Å². The Bertz CT molecular complexity index is 547. The molecule has 35 heavy (non-hydrogen) atoms. The van der Waals surface area contributed by atoms with Crippen LogP contribution in [0.2, 0.25) is 0 Å². The van der Waals surface area contributed by atoms with E-state index in [1.807, 2.05) is 0 Å². The van der Waals surface area contributed by atoms with Crippen LogP contribution >= 0.6 is 0 Å². The van der Waals surface area contributed by atoms with Crippen LogP contribution in [0.3, 0.4) is 0 Å². The van der Waals surface area contributed by atoms with E-state index in [2.05, 4.69) is 42.3 Å². The quantitative estimate of drug-likeness (QED) is 0.0858. The highest BCUT2D eigenvalue weighted by molar-refractivity contribution is 4.84. The third kappa shape index (κ3) is 18.2. The lowest BCUT2D eigenvalue weighted by molar-refractivity contribution is -0.704. The van der Waals surface area contributed by atoms with E-state index >= 15 is 0 Å². The zero-order valence-corrected chi connectivity index (χ0v) is 24.6. The zero-order valence-electron chi connectivity index (χ0n) is 24.6. The molecule has 0 aliphatic carbocycles. The van der Waals surface area contributed by atoms with Gasteiger partial charge in [-0.3, -0.25) is 0 Å². The van der Waals surface area contributed by atoms with Crippen molar-refractivity contribution in [2.24, 2.45) is 0 Å². The molecule has 0 N–H and O–H groups in total. The van der Waals surface area contributed by atoms with Crippen LogP contribution in [-0.4, -0.2) is 4.57 Å². The number of hydrogen-bond acceptors (Lipinski definition) is 0. The summed E-state index contributed by atoms with van der Waals surface area (Å²) in [6.07, 6.45) is 40.1. The molecule has 2 nitrogen and oxygen atoms in total. The van der Waals surface area contributed by atoms with Gasteiger partial charge in [-0.1, -0.05) is 149 Å². The van der Waals surface area contributed by atoms with Gasteiger partial charge in [0.2, 0.25) is 0 Å². The molecule has 0 aliphatic rings. The predicted octanol–water partition coefficient (Wildman–Crippen LogP) is 10.7. The van der Waals surface area contributed by atoms with E-state index in [1.165, 1.54) is 174 Å². The fourth-order valence-corrected chi connectivity index (χ4v) is 5.41. The maximum Gasteiger partial charge on any atom is 0.256 e. The Morgan fingerprint density at radius 3 is 1.34 bits per heavy atom. The van der Waals surface area contributed by atoms with Crippen LogP contribution in [0, 0.1) is 0 Å². The molecule has 1 aromatic heterocycles. The largest absolute Gasteiger partial charge is 0.256 e. The highest BCUT2D eigenvalue weighted by atomic mass is 15.1. The third-order valence-electron chi connectivity index (χ3n) is 7.85. The molecule has 0 fully saturated rings. The molecule has 0 atom stereocenters. The van der Waals surface area contributed by atoms with Crippen molar-refractivity contribution in [3.63, 3.8) is 0 Å². The standard InChI is InChI=1S/C33H65N2/c1-4-7-10-12-14-15-16-17-18-19-20-21-22-23-24-26-28-33-34(29-9-6-3)31-32-35(33)30-27-25-13-11-8-5-2/h31-32H,4-30H2,1-3H3/q+1. The number of unbranched alkanes of at least 4 members (excludes halogenated alkanes) is 21. The number of rotatable bonds is 27. The number of aromatic nitrogens is 2. The van der Waals surface area contributed by atoms with Gasteiger partial charge in [-0.2, -0.15) is 0 Å². The monoisotopic (exact) mass is 490 g/mol. The van der Waals surface area contributed by atoms with Crippen LogP contribution < -0.4 is 4.57 Å². The summed E-state index contributed by atoms with van der Waals surface area (Å²) in [6, 6.07) is 0. The van der Waals surface area contributed by atoms with E-state index in [1.54, 1.807) is 5.82 Å². The molecular weight excluding hydrogens is 424 g/mol. The summed E-state index contributed by atoms with van der Waals surface area (Å²) in [4.78, 5) is 0. The Hall–Kier alpha value is -0.790. The van der Waals surface area contributed by atoms with Gasteiger partial charge in [0, 0.05) is 6.42 Å². The van der Waals surface area contributed by atoms with Crippen LogP contribution in [0.4, 0.5) is 0 Å². The van der Waals surface area contributed by atoms with Crippen molar-refractivity contribution in [2.45, 2.75) is 194 Å². The summed E-state index contributed by atoms with van der Waals surface area (Å²) >= 11 is 0. The number of hydrogen-bond donors (Lipinski definition) is 0. The molecule has 0 saturated heterocycles. The molecule has 0 bridgehead atoms. The molecule has 0 aliphatic heterocycles. The minimum absolute atomic E-state index is 1.20. The van der Waals surface area contributed by atoms with E-state index in [4.69, 9.17) is 0 Å². The molecule has 1 rings (SSSR count). The van der Waals surface area contributed by atoms with Crippen LogP contribution in [-0.2, 0) is 19.5 Å². The van der Waals surface area contributed by atoms with Crippen LogP contribution in [0.5, 0.6) is 0 Å². The number of imidazole rings is 1. The molecule has 0 unspecified atom stereocenters. The highest BCUT2D eigenvalue weighted by Gasteiger charge is 2.16. The third-order valence-corrected chi connectivity index (χ3v) is 7.85.